The summed E-state index contributed by atoms with van der Waals surface area (Å²) in [5, 5.41) is 0.770. The SMILES string of the molecule is COCCOC(=O)CCc1cc2c(C)cc(=O)oc2cc1OCc1ccc(F)cc1. The van der Waals surface area contributed by atoms with Crippen molar-refractivity contribution >= 4 is 16.9 Å². The number of hydrogen-bond acceptors (Lipinski definition) is 6. The summed E-state index contributed by atoms with van der Waals surface area (Å²) in [6, 6.07) is 10.9. The van der Waals surface area contributed by atoms with Gasteiger partial charge in [0.2, 0.25) is 0 Å². The predicted octanol–water partition coefficient (Wildman–Crippen LogP) is 3.94. The standard InChI is InChI=1S/C23H23FO6/c1-15-11-23(26)30-21-13-20(29-14-16-3-6-18(24)7-4-16)17(12-19(15)21)5-8-22(25)28-10-9-27-2/h3-4,6-7,11-13H,5,8-10,14H2,1-2H3. The second-order valence-corrected chi connectivity index (χ2v) is 6.83. The maximum absolute atomic E-state index is 13.1. The molecule has 0 aliphatic rings. The van der Waals surface area contributed by atoms with Crippen LogP contribution in [0.4, 0.5) is 4.39 Å². The van der Waals surface area contributed by atoms with Gasteiger partial charge in [0.25, 0.3) is 0 Å². The molecule has 158 valence electrons. The van der Waals surface area contributed by atoms with Crippen LogP contribution in [0.25, 0.3) is 11.0 Å². The van der Waals surface area contributed by atoms with Crippen LogP contribution in [0.3, 0.4) is 0 Å². The highest BCUT2D eigenvalue weighted by atomic mass is 19.1. The summed E-state index contributed by atoms with van der Waals surface area (Å²) in [6.45, 7) is 2.56. The Balaban J connectivity index is 1.83. The van der Waals surface area contributed by atoms with Gasteiger partial charge in [-0.25, -0.2) is 9.18 Å². The maximum Gasteiger partial charge on any atom is 0.336 e. The summed E-state index contributed by atoms with van der Waals surface area (Å²) in [7, 11) is 1.54. The van der Waals surface area contributed by atoms with E-state index in [1.165, 1.54) is 25.3 Å². The van der Waals surface area contributed by atoms with E-state index in [-0.39, 0.29) is 31.4 Å². The molecule has 0 N–H and O–H groups in total. The van der Waals surface area contributed by atoms with E-state index in [0.29, 0.717) is 24.4 Å². The molecule has 3 aromatic rings. The highest BCUT2D eigenvalue weighted by Crippen LogP contribution is 2.29. The molecule has 30 heavy (non-hydrogen) atoms. The van der Waals surface area contributed by atoms with Gasteiger partial charge in [-0.15, -0.1) is 0 Å². The lowest BCUT2D eigenvalue weighted by atomic mass is 10.0. The molecule has 0 spiro atoms. The van der Waals surface area contributed by atoms with Gasteiger partial charge in [0, 0.05) is 31.0 Å². The predicted molar refractivity (Wildman–Crippen MR) is 109 cm³/mol. The molecule has 7 heteroatoms. The Kier molecular flexibility index (Phi) is 7.19. The Morgan fingerprint density at radius 1 is 1.10 bits per heavy atom. The molecule has 3 rings (SSSR count). The number of carbonyl (C=O) groups is 1. The lowest BCUT2D eigenvalue weighted by molar-refractivity contribution is -0.144. The molecule has 0 saturated carbocycles. The summed E-state index contributed by atoms with van der Waals surface area (Å²) in [4.78, 5) is 23.7. The molecule has 0 aliphatic carbocycles. The summed E-state index contributed by atoms with van der Waals surface area (Å²) in [5.41, 5.74) is 2.30. The smallest absolute Gasteiger partial charge is 0.336 e. The zero-order chi connectivity index (χ0) is 21.5. The molecule has 0 aliphatic heterocycles. The van der Waals surface area contributed by atoms with Crippen molar-refractivity contribution in [1.29, 1.82) is 0 Å². The minimum absolute atomic E-state index is 0.165. The number of methoxy groups -OCH3 is 1. The number of aryl methyl sites for hydroxylation is 2. The first-order valence-electron chi connectivity index (χ1n) is 9.55. The lowest BCUT2D eigenvalue weighted by Crippen LogP contribution is -2.11. The second kappa shape index (κ2) is 10.0. The van der Waals surface area contributed by atoms with E-state index >= 15 is 0 Å². The van der Waals surface area contributed by atoms with Gasteiger partial charge in [-0.3, -0.25) is 4.79 Å². The third kappa shape index (κ3) is 5.67. The molecular weight excluding hydrogens is 391 g/mol. The monoisotopic (exact) mass is 414 g/mol. The van der Waals surface area contributed by atoms with E-state index in [1.54, 1.807) is 18.2 Å². The molecule has 0 radical (unpaired) electrons. The first-order valence-corrected chi connectivity index (χ1v) is 9.55. The van der Waals surface area contributed by atoms with E-state index in [4.69, 9.17) is 18.6 Å². The number of rotatable bonds is 9. The molecule has 0 bridgehead atoms. The van der Waals surface area contributed by atoms with Crippen LogP contribution in [0.1, 0.15) is 23.1 Å². The summed E-state index contributed by atoms with van der Waals surface area (Å²) < 4.78 is 34.3. The second-order valence-electron chi connectivity index (χ2n) is 6.83. The summed E-state index contributed by atoms with van der Waals surface area (Å²) in [5.74, 6) is -0.174. The molecule has 0 atom stereocenters. The number of hydrogen-bond donors (Lipinski definition) is 0. The summed E-state index contributed by atoms with van der Waals surface area (Å²) >= 11 is 0. The highest BCUT2D eigenvalue weighted by molar-refractivity contribution is 5.83. The molecule has 6 nitrogen and oxygen atoms in total. The first kappa shape index (κ1) is 21.5. The Hall–Kier alpha value is -3.19. The third-order valence-electron chi connectivity index (χ3n) is 4.59. The Labute approximate surface area is 173 Å². The van der Waals surface area contributed by atoms with Gasteiger partial charge in [-0.05, 0) is 48.2 Å². The highest BCUT2D eigenvalue weighted by Gasteiger charge is 2.13. The molecule has 0 fully saturated rings. The number of ether oxygens (including phenoxy) is 3. The zero-order valence-electron chi connectivity index (χ0n) is 16.9. The van der Waals surface area contributed by atoms with Crippen molar-refractivity contribution in [2.45, 2.75) is 26.4 Å². The largest absolute Gasteiger partial charge is 0.488 e. The van der Waals surface area contributed by atoms with Gasteiger partial charge < -0.3 is 18.6 Å². The average Bonchev–Trinajstić information content (AvgIpc) is 2.72. The molecule has 0 amide bonds. The van der Waals surface area contributed by atoms with Crippen molar-refractivity contribution in [2.75, 3.05) is 20.3 Å². The van der Waals surface area contributed by atoms with E-state index in [0.717, 1.165) is 22.1 Å². The Morgan fingerprint density at radius 2 is 1.87 bits per heavy atom. The van der Waals surface area contributed by atoms with Crippen LogP contribution in [0.15, 0.2) is 51.7 Å². The van der Waals surface area contributed by atoms with Crippen molar-refractivity contribution in [3.63, 3.8) is 0 Å². The topological polar surface area (TPSA) is 75.0 Å². The molecule has 0 saturated heterocycles. The van der Waals surface area contributed by atoms with Crippen molar-refractivity contribution < 1.29 is 27.8 Å². The maximum atomic E-state index is 13.1. The fourth-order valence-corrected chi connectivity index (χ4v) is 3.01. The van der Waals surface area contributed by atoms with Crippen LogP contribution in [0.2, 0.25) is 0 Å². The first-order chi connectivity index (χ1) is 14.5. The number of carbonyl (C=O) groups excluding carboxylic acids is 1. The van der Waals surface area contributed by atoms with E-state index in [1.807, 2.05) is 13.0 Å². The van der Waals surface area contributed by atoms with Gasteiger partial charge >= 0.3 is 11.6 Å². The van der Waals surface area contributed by atoms with Crippen LogP contribution in [-0.4, -0.2) is 26.3 Å². The van der Waals surface area contributed by atoms with Crippen molar-refractivity contribution in [1.82, 2.24) is 0 Å². The van der Waals surface area contributed by atoms with Crippen LogP contribution in [0, 0.1) is 12.7 Å². The number of fused-ring (bicyclic) bond motifs is 1. The molecule has 1 heterocycles. The minimum Gasteiger partial charge on any atom is -0.488 e. The molecular formula is C23H23FO6. The van der Waals surface area contributed by atoms with Gasteiger partial charge in [0.05, 0.1) is 6.61 Å². The van der Waals surface area contributed by atoms with Crippen LogP contribution in [-0.2, 0) is 27.3 Å². The van der Waals surface area contributed by atoms with E-state index < -0.39 is 5.63 Å². The van der Waals surface area contributed by atoms with Crippen molar-refractivity contribution in [3.8, 4) is 5.75 Å². The van der Waals surface area contributed by atoms with E-state index in [9.17, 15) is 14.0 Å². The van der Waals surface area contributed by atoms with Crippen LogP contribution >= 0.6 is 0 Å². The van der Waals surface area contributed by atoms with Crippen LogP contribution in [0.5, 0.6) is 5.75 Å². The molecule has 1 aromatic heterocycles. The number of benzene rings is 2. The zero-order valence-corrected chi connectivity index (χ0v) is 16.9. The molecule has 2 aromatic carbocycles. The number of halogens is 1. The normalized spacial score (nSPS) is 10.9. The summed E-state index contributed by atoms with van der Waals surface area (Å²) in [6.07, 6.45) is 0.553. The van der Waals surface area contributed by atoms with Gasteiger partial charge in [0.15, 0.2) is 0 Å². The Morgan fingerprint density at radius 3 is 2.60 bits per heavy atom. The fourth-order valence-electron chi connectivity index (χ4n) is 3.01. The van der Waals surface area contributed by atoms with Gasteiger partial charge in [0.1, 0.15) is 30.4 Å². The fraction of sp³-hybridized carbons (Fsp3) is 0.304. The van der Waals surface area contributed by atoms with Crippen molar-refractivity contribution in [3.05, 3.63) is 75.4 Å². The third-order valence-corrected chi connectivity index (χ3v) is 4.59. The minimum atomic E-state index is -0.445. The average molecular weight is 414 g/mol. The molecule has 0 unspecified atom stereocenters. The quantitative estimate of drug-likeness (QED) is 0.300. The lowest BCUT2D eigenvalue weighted by Gasteiger charge is -2.14. The van der Waals surface area contributed by atoms with Crippen LogP contribution < -0.4 is 10.4 Å². The van der Waals surface area contributed by atoms with E-state index in [2.05, 4.69) is 0 Å². The van der Waals surface area contributed by atoms with Crippen molar-refractivity contribution in [2.24, 2.45) is 0 Å². The number of esters is 1. The van der Waals surface area contributed by atoms with Gasteiger partial charge in [-0.1, -0.05) is 12.1 Å². The van der Waals surface area contributed by atoms with Gasteiger partial charge in [-0.2, -0.15) is 0 Å². The Bertz CT molecular complexity index is 1070.